The van der Waals surface area contributed by atoms with Gasteiger partial charge in [-0.2, -0.15) is 0 Å². The van der Waals surface area contributed by atoms with Crippen molar-refractivity contribution in [2.75, 3.05) is 18.1 Å². The van der Waals surface area contributed by atoms with Crippen LogP contribution in [-0.2, 0) is 15.9 Å². The summed E-state index contributed by atoms with van der Waals surface area (Å²) in [6.45, 7) is 10.8. The van der Waals surface area contributed by atoms with Crippen LogP contribution >= 0.6 is 0 Å². The van der Waals surface area contributed by atoms with Crippen LogP contribution in [0.5, 0.6) is 5.75 Å². The van der Waals surface area contributed by atoms with E-state index in [-0.39, 0.29) is 18.3 Å². The third kappa shape index (κ3) is 3.10. The highest BCUT2D eigenvalue weighted by atomic mass is 16.7. The minimum atomic E-state index is -0.356. The third-order valence-electron chi connectivity index (χ3n) is 5.68. The molecule has 5 heteroatoms. The molecular weight excluding hydrogens is 325 g/mol. The maximum Gasteiger partial charge on any atom is 0.494 e. The molecule has 0 atom stereocenters. The molecule has 0 amide bonds. The number of nitrogens with zero attached hydrogens (tertiary/aromatic N) is 1. The summed E-state index contributed by atoms with van der Waals surface area (Å²) < 4.78 is 18.3. The van der Waals surface area contributed by atoms with Gasteiger partial charge in [0.1, 0.15) is 12.4 Å². The largest absolute Gasteiger partial charge is 0.494 e. The monoisotopic (exact) mass is 351 g/mol. The van der Waals surface area contributed by atoms with Gasteiger partial charge >= 0.3 is 7.12 Å². The molecule has 0 unspecified atom stereocenters. The molecule has 2 aromatic carbocycles. The molecule has 0 N–H and O–H groups in total. The summed E-state index contributed by atoms with van der Waals surface area (Å²) in [4.78, 5) is 2.36. The number of ether oxygens (including phenoxy) is 1. The predicted molar refractivity (Wildman–Crippen MR) is 105 cm³/mol. The second-order valence-corrected chi connectivity index (χ2v) is 8.07. The van der Waals surface area contributed by atoms with Gasteiger partial charge in [-0.3, -0.25) is 0 Å². The fraction of sp³-hybridized carbons (Fsp3) is 0.429. The van der Waals surface area contributed by atoms with Crippen LogP contribution in [0.2, 0.25) is 0 Å². The Kier molecular flexibility index (Phi) is 4.24. The van der Waals surface area contributed by atoms with Crippen molar-refractivity contribution >= 4 is 18.3 Å². The molecule has 0 saturated carbocycles. The number of hydrogen-bond donors (Lipinski definition) is 0. The number of benzene rings is 2. The van der Waals surface area contributed by atoms with Crippen LogP contribution in [0.4, 0.5) is 5.69 Å². The van der Waals surface area contributed by atoms with Gasteiger partial charge in [0.2, 0.25) is 0 Å². The van der Waals surface area contributed by atoms with Gasteiger partial charge in [-0.1, -0.05) is 36.4 Å². The highest BCUT2D eigenvalue weighted by Gasteiger charge is 2.51. The molecule has 26 heavy (non-hydrogen) atoms. The smallest absolute Gasteiger partial charge is 0.490 e. The van der Waals surface area contributed by atoms with Gasteiger partial charge in [0.05, 0.1) is 23.4 Å². The molecule has 0 bridgehead atoms. The lowest BCUT2D eigenvalue weighted by Crippen LogP contribution is -2.41. The molecule has 136 valence electrons. The number of anilines is 1. The first kappa shape index (κ1) is 17.4. The van der Waals surface area contributed by atoms with E-state index in [1.807, 2.05) is 18.2 Å². The van der Waals surface area contributed by atoms with Gasteiger partial charge in [0, 0.05) is 6.54 Å². The van der Waals surface area contributed by atoms with Crippen LogP contribution in [0, 0.1) is 0 Å². The van der Waals surface area contributed by atoms with E-state index >= 15 is 0 Å². The predicted octanol–water partition coefficient (Wildman–Crippen LogP) is 3.38. The molecule has 0 aromatic heterocycles. The van der Waals surface area contributed by atoms with Gasteiger partial charge < -0.3 is 18.9 Å². The van der Waals surface area contributed by atoms with Crippen LogP contribution in [0.1, 0.15) is 33.3 Å². The van der Waals surface area contributed by atoms with Crippen molar-refractivity contribution in [2.24, 2.45) is 0 Å². The van der Waals surface area contributed by atoms with E-state index in [0.717, 1.165) is 30.0 Å². The summed E-state index contributed by atoms with van der Waals surface area (Å²) in [7, 11) is -0.356. The zero-order chi connectivity index (χ0) is 18.4. The van der Waals surface area contributed by atoms with E-state index in [1.165, 1.54) is 5.56 Å². The standard InChI is InChI=1S/C21H26BNO3/c1-20(2)21(3,4)26-22(25-20)17-10-11-19-18(14-17)23(12-13-24-19)15-16-8-6-5-7-9-16/h5-11,14H,12-13,15H2,1-4H3. The van der Waals surface area contributed by atoms with Crippen molar-refractivity contribution in [3.8, 4) is 5.75 Å². The maximum absolute atomic E-state index is 6.21. The normalized spacial score (nSPS) is 20.6. The molecule has 4 rings (SSSR count). The van der Waals surface area contributed by atoms with Crippen molar-refractivity contribution < 1.29 is 14.0 Å². The lowest BCUT2D eigenvalue weighted by Gasteiger charge is -2.32. The van der Waals surface area contributed by atoms with Crippen LogP contribution in [-0.4, -0.2) is 31.5 Å². The molecule has 1 fully saturated rings. The van der Waals surface area contributed by atoms with Crippen molar-refractivity contribution in [3.63, 3.8) is 0 Å². The summed E-state index contributed by atoms with van der Waals surface area (Å²) >= 11 is 0. The summed E-state index contributed by atoms with van der Waals surface area (Å²) in [5.74, 6) is 0.924. The molecule has 2 heterocycles. The summed E-state index contributed by atoms with van der Waals surface area (Å²) in [5.41, 5.74) is 2.75. The van der Waals surface area contributed by atoms with Crippen molar-refractivity contribution in [1.82, 2.24) is 0 Å². The molecular formula is C21H26BNO3. The minimum absolute atomic E-state index is 0.339. The second-order valence-electron chi connectivity index (χ2n) is 8.07. The Hall–Kier alpha value is -1.98. The molecule has 0 aliphatic carbocycles. The summed E-state index contributed by atoms with van der Waals surface area (Å²) in [6, 6.07) is 16.8. The summed E-state index contributed by atoms with van der Waals surface area (Å²) in [6.07, 6.45) is 0. The van der Waals surface area contributed by atoms with Gasteiger partial charge in [0.25, 0.3) is 0 Å². The first-order valence-corrected chi connectivity index (χ1v) is 9.27. The number of fused-ring (bicyclic) bond motifs is 1. The molecule has 2 aliphatic heterocycles. The fourth-order valence-corrected chi connectivity index (χ4v) is 3.38. The van der Waals surface area contributed by atoms with Crippen LogP contribution in [0.25, 0.3) is 0 Å². The molecule has 1 saturated heterocycles. The SMILES string of the molecule is CC1(C)OB(c2ccc3c(c2)N(Cc2ccccc2)CCO3)OC1(C)C. The van der Waals surface area contributed by atoms with E-state index in [2.05, 4.69) is 62.9 Å². The summed E-state index contributed by atoms with van der Waals surface area (Å²) in [5, 5.41) is 0. The lowest BCUT2D eigenvalue weighted by atomic mass is 9.78. The number of hydrogen-bond acceptors (Lipinski definition) is 4. The minimum Gasteiger partial charge on any atom is -0.490 e. The van der Waals surface area contributed by atoms with Gasteiger partial charge in [0.15, 0.2) is 0 Å². The number of rotatable bonds is 3. The zero-order valence-corrected chi connectivity index (χ0v) is 16.0. The Balaban J connectivity index is 1.62. The van der Waals surface area contributed by atoms with Crippen LogP contribution in [0.3, 0.4) is 0 Å². The Bertz CT molecular complexity index is 775. The van der Waals surface area contributed by atoms with E-state index < -0.39 is 0 Å². The van der Waals surface area contributed by atoms with E-state index in [1.54, 1.807) is 0 Å². The molecule has 0 spiro atoms. The molecule has 0 radical (unpaired) electrons. The third-order valence-corrected chi connectivity index (χ3v) is 5.68. The first-order chi connectivity index (χ1) is 12.4. The first-order valence-electron chi connectivity index (χ1n) is 9.27. The highest BCUT2D eigenvalue weighted by molar-refractivity contribution is 6.62. The Morgan fingerprint density at radius 2 is 1.65 bits per heavy atom. The Labute approximate surface area is 156 Å². The maximum atomic E-state index is 6.21. The van der Waals surface area contributed by atoms with Crippen molar-refractivity contribution in [3.05, 3.63) is 54.1 Å². The van der Waals surface area contributed by atoms with E-state index in [9.17, 15) is 0 Å². The van der Waals surface area contributed by atoms with Crippen LogP contribution < -0.4 is 15.1 Å². The molecule has 2 aliphatic rings. The van der Waals surface area contributed by atoms with Crippen molar-refractivity contribution in [2.45, 2.75) is 45.4 Å². The van der Waals surface area contributed by atoms with Gasteiger partial charge in [-0.15, -0.1) is 0 Å². The topological polar surface area (TPSA) is 30.9 Å². The lowest BCUT2D eigenvalue weighted by molar-refractivity contribution is 0.00578. The zero-order valence-electron chi connectivity index (χ0n) is 16.0. The Morgan fingerprint density at radius 1 is 0.962 bits per heavy atom. The van der Waals surface area contributed by atoms with E-state index in [0.29, 0.717) is 6.61 Å². The van der Waals surface area contributed by atoms with Gasteiger partial charge in [-0.25, -0.2) is 0 Å². The average Bonchev–Trinajstić information content (AvgIpc) is 2.83. The molecule has 2 aromatic rings. The fourth-order valence-electron chi connectivity index (χ4n) is 3.38. The van der Waals surface area contributed by atoms with E-state index in [4.69, 9.17) is 14.0 Å². The molecule has 4 nitrogen and oxygen atoms in total. The van der Waals surface area contributed by atoms with Gasteiger partial charge in [-0.05, 0) is 50.9 Å². The van der Waals surface area contributed by atoms with Crippen LogP contribution in [0.15, 0.2) is 48.5 Å². The second kappa shape index (κ2) is 6.32. The quantitative estimate of drug-likeness (QED) is 0.794. The van der Waals surface area contributed by atoms with Crippen molar-refractivity contribution in [1.29, 1.82) is 0 Å². The average molecular weight is 351 g/mol. The Morgan fingerprint density at radius 3 is 2.35 bits per heavy atom. The highest BCUT2D eigenvalue weighted by Crippen LogP contribution is 2.38.